The molecule has 122 valence electrons. The van der Waals surface area contributed by atoms with Gasteiger partial charge in [-0.3, -0.25) is 14.9 Å². The lowest BCUT2D eigenvalue weighted by Gasteiger charge is -2.09. The van der Waals surface area contributed by atoms with Gasteiger partial charge in [0.05, 0.1) is 17.8 Å². The maximum absolute atomic E-state index is 12.0. The number of Topliss-reactive ketones (excluding diaryl/α,β-unsaturated/α-hetero) is 1. The molecular weight excluding hydrogens is 298 g/mol. The molecule has 2 rings (SSSR count). The van der Waals surface area contributed by atoms with Crippen molar-refractivity contribution < 1.29 is 19.1 Å². The quantitative estimate of drug-likeness (QED) is 0.755. The molecule has 1 heterocycles. The number of aromatic nitrogens is 1. The summed E-state index contributed by atoms with van der Waals surface area (Å²) in [7, 11) is 1.51. The average Bonchev–Trinajstić information content (AvgIpc) is 2.82. The summed E-state index contributed by atoms with van der Waals surface area (Å²) in [6.45, 7) is 5.15. The second-order valence-corrected chi connectivity index (χ2v) is 5.05. The summed E-state index contributed by atoms with van der Waals surface area (Å²) in [5.41, 5.74) is 2.47. The van der Waals surface area contributed by atoms with Crippen LogP contribution in [0.3, 0.4) is 0 Å². The van der Waals surface area contributed by atoms with Gasteiger partial charge in [-0.05, 0) is 32.9 Å². The van der Waals surface area contributed by atoms with Crippen LogP contribution in [-0.2, 0) is 4.74 Å². The van der Waals surface area contributed by atoms with Gasteiger partial charge in [0.2, 0.25) is 0 Å². The lowest BCUT2D eigenvalue weighted by molar-refractivity contribution is 0.0961. The van der Waals surface area contributed by atoms with Crippen molar-refractivity contribution in [1.82, 2.24) is 10.3 Å². The molecule has 0 spiro atoms. The minimum atomic E-state index is -0.625. The minimum Gasteiger partial charge on any atom is -0.450 e. The van der Waals surface area contributed by atoms with Gasteiger partial charge in [-0.25, -0.2) is 4.79 Å². The van der Waals surface area contributed by atoms with Gasteiger partial charge >= 0.3 is 6.09 Å². The first-order valence-corrected chi connectivity index (χ1v) is 7.22. The zero-order valence-corrected chi connectivity index (χ0v) is 13.5. The van der Waals surface area contributed by atoms with Crippen LogP contribution in [-0.4, -0.2) is 36.4 Å². The topological polar surface area (TPSA) is 100 Å². The number of carbonyl (C=O) groups is 3. The number of hydrogen-bond donors (Lipinski definition) is 3. The van der Waals surface area contributed by atoms with Crippen LogP contribution in [0.2, 0.25) is 0 Å². The van der Waals surface area contributed by atoms with Crippen LogP contribution in [0.5, 0.6) is 0 Å². The summed E-state index contributed by atoms with van der Waals surface area (Å²) in [5.74, 6) is -0.433. The van der Waals surface area contributed by atoms with Crippen molar-refractivity contribution in [2.45, 2.75) is 20.8 Å². The Morgan fingerprint density at radius 1 is 1.26 bits per heavy atom. The zero-order valence-electron chi connectivity index (χ0n) is 13.5. The van der Waals surface area contributed by atoms with Crippen molar-refractivity contribution in [3.8, 4) is 0 Å². The van der Waals surface area contributed by atoms with Crippen LogP contribution in [0.1, 0.15) is 40.3 Å². The third kappa shape index (κ3) is 3.18. The molecule has 7 nitrogen and oxygen atoms in total. The summed E-state index contributed by atoms with van der Waals surface area (Å²) >= 11 is 0. The molecule has 23 heavy (non-hydrogen) atoms. The van der Waals surface area contributed by atoms with Crippen LogP contribution >= 0.6 is 0 Å². The zero-order chi connectivity index (χ0) is 17.1. The number of amides is 2. The van der Waals surface area contributed by atoms with Crippen LogP contribution < -0.4 is 10.6 Å². The van der Waals surface area contributed by atoms with E-state index >= 15 is 0 Å². The summed E-state index contributed by atoms with van der Waals surface area (Å²) in [6, 6.07) is 3.17. The molecular formula is C16H19N3O4. The average molecular weight is 317 g/mol. The van der Waals surface area contributed by atoms with Crippen molar-refractivity contribution in [3.05, 3.63) is 29.0 Å². The molecule has 0 aliphatic rings. The van der Waals surface area contributed by atoms with Crippen molar-refractivity contribution in [3.63, 3.8) is 0 Å². The smallest absolute Gasteiger partial charge is 0.411 e. The molecule has 1 aromatic heterocycles. The molecule has 0 fully saturated rings. The predicted molar refractivity (Wildman–Crippen MR) is 87.1 cm³/mol. The van der Waals surface area contributed by atoms with Gasteiger partial charge in [0.25, 0.3) is 5.91 Å². The molecule has 0 saturated heterocycles. The second kappa shape index (κ2) is 6.51. The Morgan fingerprint density at radius 2 is 1.96 bits per heavy atom. The number of ether oxygens (including phenoxy) is 1. The Kier molecular flexibility index (Phi) is 4.68. The number of hydrogen-bond acceptors (Lipinski definition) is 4. The van der Waals surface area contributed by atoms with E-state index in [1.165, 1.54) is 20.0 Å². The van der Waals surface area contributed by atoms with Crippen molar-refractivity contribution in [2.75, 3.05) is 19.0 Å². The highest BCUT2D eigenvalue weighted by molar-refractivity contribution is 6.14. The molecule has 0 aliphatic carbocycles. The largest absolute Gasteiger partial charge is 0.450 e. The third-order valence-corrected chi connectivity index (χ3v) is 3.45. The van der Waals surface area contributed by atoms with Crippen LogP contribution in [0.15, 0.2) is 12.1 Å². The summed E-state index contributed by atoms with van der Waals surface area (Å²) in [4.78, 5) is 38.7. The maximum atomic E-state index is 12.0. The second-order valence-electron chi connectivity index (χ2n) is 5.05. The molecule has 0 bridgehead atoms. The van der Waals surface area contributed by atoms with E-state index in [0.717, 1.165) is 0 Å². The summed E-state index contributed by atoms with van der Waals surface area (Å²) in [5, 5.41) is 5.72. The first-order chi connectivity index (χ1) is 10.9. The van der Waals surface area contributed by atoms with Gasteiger partial charge in [-0.2, -0.15) is 0 Å². The number of anilines is 1. The van der Waals surface area contributed by atoms with E-state index in [2.05, 4.69) is 15.6 Å². The standard InChI is InChI=1S/C16H19N3O4/c1-5-23-16(22)19-12-7-10(15(21)17-4)6-11-13(9(3)20)8(2)18-14(11)12/h6-7,18H,5H2,1-4H3,(H,17,21)(H,19,22). The summed E-state index contributed by atoms with van der Waals surface area (Å²) in [6.07, 6.45) is -0.625. The van der Waals surface area contributed by atoms with Crippen LogP contribution in [0, 0.1) is 6.92 Å². The van der Waals surface area contributed by atoms with E-state index in [0.29, 0.717) is 33.4 Å². The van der Waals surface area contributed by atoms with E-state index in [1.54, 1.807) is 19.9 Å². The van der Waals surface area contributed by atoms with Gasteiger partial charge in [0.15, 0.2) is 5.78 Å². The highest BCUT2D eigenvalue weighted by Crippen LogP contribution is 2.30. The Bertz CT molecular complexity index is 792. The molecule has 0 atom stereocenters. The highest BCUT2D eigenvalue weighted by Gasteiger charge is 2.19. The van der Waals surface area contributed by atoms with E-state index in [1.807, 2.05) is 0 Å². The molecule has 2 aromatic rings. The molecule has 1 aromatic carbocycles. The van der Waals surface area contributed by atoms with Gasteiger partial charge in [-0.15, -0.1) is 0 Å². The Labute approximate surface area is 133 Å². The normalized spacial score (nSPS) is 10.4. The fourth-order valence-corrected chi connectivity index (χ4v) is 2.53. The van der Waals surface area contributed by atoms with E-state index in [-0.39, 0.29) is 18.3 Å². The molecule has 2 amide bonds. The number of rotatable bonds is 4. The van der Waals surface area contributed by atoms with Gasteiger partial charge in [0, 0.05) is 29.3 Å². The fourth-order valence-electron chi connectivity index (χ4n) is 2.53. The number of nitrogens with one attached hydrogen (secondary N) is 3. The Hall–Kier alpha value is -2.83. The maximum Gasteiger partial charge on any atom is 0.411 e. The Morgan fingerprint density at radius 3 is 2.52 bits per heavy atom. The van der Waals surface area contributed by atoms with Crippen molar-refractivity contribution >= 4 is 34.4 Å². The van der Waals surface area contributed by atoms with E-state index < -0.39 is 6.09 Å². The first-order valence-electron chi connectivity index (χ1n) is 7.22. The fraction of sp³-hybridized carbons (Fsp3) is 0.312. The van der Waals surface area contributed by atoms with Gasteiger partial charge < -0.3 is 15.0 Å². The predicted octanol–water partition coefficient (Wildman–Crippen LogP) is 2.61. The first kappa shape index (κ1) is 16.5. The number of aryl methyl sites for hydroxylation is 1. The number of benzene rings is 1. The number of fused-ring (bicyclic) bond motifs is 1. The minimum absolute atomic E-state index is 0.120. The van der Waals surface area contributed by atoms with Gasteiger partial charge in [0.1, 0.15) is 0 Å². The molecule has 7 heteroatoms. The van der Waals surface area contributed by atoms with E-state index in [9.17, 15) is 14.4 Å². The monoisotopic (exact) mass is 317 g/mol. The summed E-state index contributed by atoms with van der Waals surface area (Å²) < 4.78 is 4.87. The molecule has 3 N–H and O–H groups in total. The van der Waals surface area contributed by atoms with Crippen molar-refractivity contribution in [2.24, 2.45) is 0 Å². The van der Waals surface area contributed by atoms with Crippen LogP contribution in [0.4, 0.5) is 10.5 Å². The van der Waals surface area contributed by atoms with Gasteiger partial charge in [-0.1, -0.05) is 0 Å². The third-order valence-electron chi connectivity index (χ3n) is 3.45. The Balaban J connectivity index is 2.68. The van der Waals surface area contributed by atoms with E-state index in [4.69, 9.17) is 4.74 Å². The number of aromatic amines is 1. The molecule has 0 unspecified atom stereocenters. The lowest BCUT2D eigenvalue weighted by Crippen LogP contribution is -2.19. The lowest BCUT2D eigenvalue weighted by atomic mass is 10.0. The highest BCUT2D eigenvalue weighted by atomic mass is 16.5. The molecule has 0 saturated carbocycles. The number of ketones is 1. The number of carbonyl (C=O) groups excluding carboxylic acids is 3. The SMILES string of the molecule is CCOC(=O)Nc1cc(C(=O)NC)cc2c(C(C)=O)c(C)[nH]c12. The van der Waals surface area contributed by atoms with Crippen molar-refractivity contribution in [1.29, 1.82) is 0 Å². The van der Waals surface area contributed by atoms with Crippen LogP contribution in [0.25, 0.3) is 10.9 Å². The number of H-pyrrole nitrogens is 1. The molecule has 0 radical (unpaired) electrons. The molecule has 0 aliphatic heterocycles.